The average Bonchev–Trinajstić information content (AvgIpc) is 2.84. The molecule has 2 aromatic rings. The van der Waals surface area contributed by atoms with Crippen LogP contribution in [0.2, 0.25) is 15.1 Å². The Hall–Kier alpha value is -1.61. The highest BCUT2D eigenvalue weighted by Crippen LogP contribution is 2.49. The van der Waals surface area contributed by atoms with Gasteiger partial charge in [-0.05, 0) is 85.9 Å². The van der Waals surface area contributed by atoms with Gasteiger partial charge in [0, 0.05) is 47.4 Å². The molecule has 39 heavy (non-hydrogen) atoms. The zero-order valence-electron chi connectivity index (χ0n) is 21.7. The smallest absolute Gasteiger partial charge is 0.345 e. The second kappa shape index (κ2) is 12.1. The van der Waals surface area contributed by atoms with Gasteiger partial charge in [0.2, 0.25) is 5.91 Å². The lowest BCUT2D eigenvalue weighted by molar-refractivity contribution is -0.173. The summed E-state index contributed by atoms with van der Waals surface area (Å²) in [6.07, 6.45) is 0.487. The van der Waals surface area contributed by atoms with Crippen molar-refractivity contribution in [1.29, 1.82) is 0 Å². The van der Waals surface area contributed by atoms with Crippen LogP contribution in [0.25, 0.3) is 0 Å². The van der Waals surface area contributed by atoms with E-state index in [-0.39, 0.29) is 26.9 Å². The molecule has 4 rings (SSSR count). The minimum Gasteiger partial charge on any atom is -0.345 e. The van der Waals surface area contributed by atoms with Gasteiger partial charge in [-0.25, -0.2) is 0 Å². The fraction of sp³-hybridized carbons (Fsp3) is 0.500. The molecule has 1 saturated carbocycles. The fourth-order valence-corrected chi connectivity index (χ4v) is 7.65. The van der Waals surface area contributed by atoms with Crippen molar-refractivity contribution in [1.82, 2.24) is 9.80 Å². The first-order valence-electron chi connectivity index (χ1n) is 12.8. The van der Waals surface area contributed by atoms with Crippen LogP contribution in [0.15, 0.2) is 41.3 Å². The van der Waals surface area contributed by atoms with Gasteiger partial charge < -0.3 is 9.80 Å². The summed E-state index contributed by atoms with van der Waals surface area (Å²) in [7, 11) is 3.37. The van der Waals surface area contributed by atoms with Crippen LogP contribution in [-0.4, -0.2) is 60.2 Å². The zero-order valence-corrected chi connectivity index (χ0v) is 24.7. The molecule has 1 heterocycles. The maximum absolute atomic E-state index is 14.0. The summed E-state index contributed by atoms with van der Waals surface area (Å²) in [6, 6.07) is 9.19. The maximum atomic E-state index is 14.0. The molecule has 4 nitrogen and oxygen atoms in total. The van der Waals surface area contributed by atoms with Crippen LogP contribution < -0.4 is 0 Å². The van der Waals surface area contributed by atoms with E-state index in [1.54, 1.807) is 31.9 Å². The van der Waals surface area contributed by atoms with Crippen LogP contribution in [0.3, 0.4) is 0 Å². The summed E-state index contributed by atoms with van der Waals surface area (Å²) in [5.74, 6) is -3.38. The molecule has 11 heteroatoms. The second-order valence-corrected chi connectivity index (χ2v) is 13.3. The first-order chi connectivity index (χ1) is 18.3. The molecule has 2 aliphatic rings. The predicted octanol–water partition coefficient (Wildman–Crippen LogP) is 8.34. The van der Waals surface area contributed by atoms with E-state index in [4.69, 9.17) is 34.8 Å². The van der Waals surface area contributed by atoms with E-state index in [1.165, 1.54) is 15.9 Å². The number of thioether (sulfide) groups is 1. The van der Waals surface area contributed by atoms with Gasteiger partial charge in [-0.2, -0.15) is 13.2 Å². The van der Waals surface area contributed by atoms with Crippen LogP contribution in [0, 0.1) is 5.41 Å². The van der Waals surface area contributed by atoms with Gasteiger partial charge in [-0.1, -0.05) is 34.8 Å². The lowest BCUT2D eigenvalue weighted by Crippen LogP contribution is -2.48. The number of hydrogen-bond donors (Lipinski definition) is 0. The lowest BCUT2D eigenvalue weighted by atomic mass is 9.68. The van der Waals surface area contributed by atoms with Crippen molar-refractivity contribution in [2.24, 2.45) is 5.41 Å². The molecule has 1 aliphatic carbocycles. The summed E-state index contributed by atoms with van der Waals surface area (Å²) in [6.45, 7) is 0.600. The molecule has 0 bridgehead atoms. The molecular formula is C28H30Cl3F3N2O2S. The van der Waals surface area contributed by atoms with Crippen molar-refractivity contribution in [2.45, 2.75) is 60.8 Å². The maximum Gasteiger partial charge on any atom is 0.404 e. The number of amides is 2. The minimum absolute atomic E-state index is 0.0422. The Labute approximate surface area is 246 Å². The van der Waals surface area contributed by atoms with Crippen molar-refractivity contribution in [3.8, 4) is 0 Å². The number of carbonyl (C=O) groups excluding carboxylic acids is 2. The minimum atomic E-state index is -4.75. The Balaban J connectivity index is 1.35. The summed E-state index contributed by atoms with van der Waals surface area (Å²) in [5.41, 5.74) is 0.281. The Morgan fingerprint density at radius 2 is 1.56 bits per heavy atom. The van der Waals surface area contributed by atoms with Gasteiger partial charge in [-0.15, -0.1) is 11.8 Å². The zero-order chi connectivity index (χ0) is 28.5. The van der Waals surface area contributed by atoms with Crippen molar-refractivity contribution < 1.29 is 22.8 Å². The Kier molecular flexibility index (Phi) is 9.41. The monoisotopic (exact) mass is 620 g/mol. The number of carbonyl (C=O) groups is 2. The van der Waals surface area contributed by atoms with Gasteiger partial charge >= 0.3 is 6.18 Å². The number of halogens is 6. The molecule has 0 unspecified atom stereocenters. The first-order valence-corrected chi connectivity index (χ1v) is 14.8. The summed E-state index contributed by atoms with van der Waals surface area (Å²) in [4.78, 5) is 29.2. The Morgan fingerprint density at radius 3 is 2.08 bits per heavy atom. The average molecular weight is 622 g/mol. The summed E-state index contributed by atoms with van der Waals surface area (Å²) < 4.78 is 42.0. The summed E-state index contributed by atoms with van der Waals surface area (Å²) >= 11 is 20.0. The van der Waals surface area contributed by atoms with Crippen molar-refractivity contribution in [3.05, 3.63) is 62.6 Å². The first kappa shape index (κ1) is 30.4. The highest BCUT2D eigenvalue weighted by Gasteiger charge is 2.49. The number of likely N-dealkylation sites (tertiary alicyclic amines) is 1. The molecule has 1 spiro atoms. The molecule has 1 aliphatic heterocycles. The number of benzene rings is 2. The highest BCUT2D eigenvalue weighted by molar-refractivity contribution is 8.00. The van der Waals surface area contributed by atoms with Crippen LogP contribution >= 0.6 is 46.6 Å². The third-order valence-corrected chi connectivity index (χ3v) is 9.88. The van der Waals surface area contributed by atoms with Crippen LogP contribution in [0.1, 0.15) is 60.4 Å². The topological polar surface area (TPSA) is 40.6 Å². The predicted molar refractivity (Wildman–Crippen MR) is 151 cm³/mol. The molecule has 0 radical (unpaired) electrons. The quantitative estimate of drug-likeness (QED) is 0.337. The van der Waals surface area contributed by atoms with E-state index in [9.17, 15) is 22.8 Å². The SMILES string of the molecule is CN(C)C(=O)c1ccc(SC2CCC3(CC2)CCN(C(=O)[C@H](c2cc(Cl)cc(Cl)c2)C(F)(F)F)CC3)cc1Cl. The van der Waals surface area contributed by atoms with E-state index < -0.39 is 18.0 Å². The molecule has 0 N–H and O–H groups in total. The number of nitrogens with zero attached hydrogens (tertiary/aromatic N) is 2. The van der Waals surface area contributed by atoms with Gasteiger partial charge in [0.15, 0.2) is 5.92 Å². The second-order valence-electron chi connectivity index (χ2n) is 10.7. The lowest BCUT2D eigenvalue weighted by Gasteiger charge is -2.46. The third-order valence-electron chi connectivity index (χ3n) is 7.80. The van der Waals surface area contributed by atoms with Gasteiger partial charge in [-0.3, -0.25) is 9.59 Å². The Morgan fingerprint density at radius 1 is 0.974 bits per heavy atom. The van der Waals surface area contributed by atoms with E-state index in [0.29, 0.717) is 41.8 Å². The molecule has 212 valence electrons. The van der Waals surface area contributed by atoms with Crippen LogP contribution in [0.4, 0.5) is 13.2 Å². The van der Waals surface area contributed by atoms with Gasteiger partial charge in [0.25, 0.3) is 5.91 Å². The van der Waals surface area contributed by atoms with Crippen molar-refractivity contribution >= 4 is 58.4 Å². The van der Waals surface area contributed by atoms with E-state index in [1.807, 2.05) is 12.1 Å². The van der Waals surface area contributed by atoms with Crippen LogP contribution in [0.5, 0.6) is 0 Å². The van der Waals surface area contributed by atoms with Crippen LogP contribution in [-0.2, 0) is 4.79 Å². The Bertz CT molecular complexity index is 1200. The van der Waals surface area contributed by atoms with Crippen molar-refractivity contribution in [3.63, 3.8) is 0 Å². The molecule has 2 aromatic carbocycles. The van der Waals surface area contributed by atoms with E-state index in [0.717, 1.165) is 42.7 Å². The molecule has 1 atom stereocenters. The molecule has 0 aromatic heterocycles. The number of rotatable bonds is 5. The van der Waals surface area contributed by atoms with E-state index >= 15 is 0 Å². The van der Waals surface area contributed by atoms with Crippen molar-refractivity contribution in [2.75, 3.05) is 27.2 Å². The van der Waals surface area contributed by atoms with Gasteiger partial charge in [0.05, 0.1) is 10.6 Å². The highest BCUT2D eigenvalue weighted by atomic mass is 35.5. The third kappa shape index (κ3) is 7.19. The fourth-order valence-electron chi connectivity index (χ4n) is 5.59. The molecule has 2 amide bonds. The van der Waals surface area contributed by atoms with E-state index in [2.05, 4.69) is 0 Å². The molecule has 1 saturated heterocycles. The standard InChI is InChI=1S/C28H30Cl3F3N2O2S/c1-35(2)25(37)22-4-3-21(16-23(22)31)39-20-5-7-27(8-6-20)9-11-36(12-10-27)26(38)24(28(32,33)34)17-13-18(29)15-19(30)14-17/h3-4,13-16,20,24H,5-12H2,1-2H3/t24-/m0/s1. The molecule has 2 fully saturated rings. The largest absolute Gasteiger partial charge is 0.404 e. The number of hydrogen-bond acceptors (Lipinski definition) is 3. The number of piperidine rings is 1. The van der Waals surface area contributed by atoms with Gasteiger partial charge in [0.1, 0.15) is 0 Å². The summed E-state index contributed by atoms with van der Waals surface area (Å²) in [5, 5.41) is 0.947. The number of alkyl halides is 3. The molecular weight excluding hydrogens is 592 g/mol. The normalized spacial score (nSPS) is 18.7.